The van der Waals surface area contributed by atoms with Crippen molar-refractivity contribution < 1.29 is 9.66 Å². The van der Waals surface area contributed by atoms with Crippen molar-refractivity contribution in [2.45, 2.75) is 12.3 Å². The molecule has 1 atom stereocenters. The van der Waals surface area contributed by atoms with Crippen LogP contribution in [0.25, 0.3) is 0 Å². The molecule has 70 valence electrons. The maximum atomic E-state index is 10.4. The summed E-state index contributed by atoms with van der Waals surface area (Å²) in [5, 5.41) is 14.2. The molecule has 4 nitrogen and oxygen atoms in total. The second-order valence-electron chi connectivity index (χ2n) is 3.04. The molecule has 2 rings (SSSR count). The summed E-state index contributed by atoms with van der Waals surface area (Å²) in [6, 6.07) is 0. The van der Waals surface area contributed by atoms with Crippen LogP contribution < -0.4 is 4.74 Å². The Morgan fingerprint density at radius 2 is 2.54 bits per heavy atom. The highest BCUT2D eigenvalue weighted by Crippen LogP contribution is 2.36. The zero-order valence-electron chi connectivity index (χ0n) is 6.93. The lowest BCUT2D eigenvalue weighted by Gasteiger charge is -2.19. The van der Waals surface area contributed by atoms with Crippen LogP contribution in [-0.4, -0.2) is 18.1 Å². The molecule has 1 aliphatic heterocycles. The Morgan fingerprint density at radius 1 is 1.69 bits per heavy atom. The molecule has 13 heavy (non-hydrogen) atoms. The van der Waals surface area contributed by atoms with Crippen LogP contribution in [-0.2, 0) is 0 Å². The van der Waals surface area contributed by atoms with Gasteiger partial charge in [0.2, 0.25) is 6.54 Å². The smallest absolute Gasteiger partial charge is 0.210 e. The van der Waals surface area contributed by atoms with Gasteiger partial charge in [-0.15, -0.1) is 11.3 Å². The minimum atomic E-state index is -0.253. The summed E-state index contributed by atoms with van der Waals surface area (Å²) in [4.78, 5) is 10.1. The number of rotatable bonds is 2. The summed E-state index contributed by atoms with van der Waals surface area (Å²) >= 11 is 1.54. The van der Waals surface area contributed by atoms with E-state index < -0.39 is 0 Å². The molecule has 0 spiro atoms. The zero-order chi connectivity index (χ0) is 9.26. The molecule has 0 bridgehead atoms. The van der Waals surface area contributed by atoms with Gasteiger partial charge in [-0.25, -0.2) is 0 Å². The van der Waals surface area contributed by atoms with Crippen molar-refractivity contribution in [3.8, 4) is 5.75 Å². The number of nitro groups is 1. The molecule has 0 aromatic carbocycles. The molecule has 0 fully saturated rings. The highest BCUT2D eigenvalue weighted by Gasteiger charge is 2.26. The maximum Gasteiger partial charge on any atom is 0.210 e. The number of fused-ring (bicyclic) bond motifs is 1. The van der Waals surface area contributed by atoms with Crippen molar-refractivity contribution in [1.82, 2.24) is 0 Å². The van der Waals surface area contributed by atoms with Crippen molar-refractivity contribution >= 4 is 11.3 Å². The molecule has 0 saturated carbocycles. The van der Waals surface area contributed by atoms with E-state index in [9.17, 15) is 10.1 Å². The predicted octanol–water partition coefficient (Wildman–Crippen LogP) is 1.89. The number of hydrogen-bond donors (Lipinski definition) is 0. The van der Waals surface area contributed by atoms with Crippen molar-refractivity contribution in [1.29, 1.82) is 0 Å². The van der Waals surface area contributed by atoms with E-state index in [1.54, 1.807) is 0 Å². The van der Waals surface area contributed by atoms with Crippen LogP contribution >= 0.6 is 11.3 Å². The highest BCUT2D eigenvalue weighted by molar-refractivity contribution is 7.08. The summed E-state index contributed by atoms with van der Waals surface area (Å²) in [5.74, 6) is 0.882. The second-order valence-corrected chi connectivity index (χ2v) is 3.78. The van der Waals surface area contributed by atoms with Crippen molar-refractivity contribution in [3.05, 3.63) is 26.4 Å². The lowest BCUT2D eigenvalue weighted by Crippen LogP contribution is -2.19. The van der Waals surface area contributed by atoms with Crippen LogP contribution in [0.1, 0.15) is 17.9 Å². The first kappa shape index (κ1) is 8.50. The third-order valence-corrected chi connectivity index (χ3v) is 2.93. The van der Waals surface area contributed by atoms with E-state index in [2.05, 4.69) is 0 Å². The Labute approximate surface area is 79.3 Å². The van der Waals surface area contributed by atoms with E-state index >= 15 is 0 Å². The molecule has 1 aliphatic rings. The van der Waals surface area contributed by atoms with E-state index in [0.29, 0.717) is 6.61 Å². The molecule has 5 heteroatoms. The number of nitrogens with zero attached hydrogens (tertiary/aromatic N) is 1. The van der Waals surface area contributed by atoms with Gasteiger partial charge in [0.1, 0.15) is 5.75 Å². The Kier molecular flexibility index (Phi) is 2.18. The van der Waals surface area contributed by atoms with Gasteiger partial charge in [-0.05, 0) is 11.8 Å². The third kappa shape index (κ3) is 1.65. The van der Waals surface area contributed by atoms with Crippen molar-refractivity contribution in [3.63, 3.8) is 0 Å². The van der Waals surface area contributed by atoms with E-state index in [-0.39, 0.29) is 17.4 Å². The molecule has 0 radical (unpaired) electrons. The molecule has 1 aromatic rings. The molecular formula is C8H9NO3S. The number of hydrogen-bond acceptors (Lipinski definition) is 4. The Balaban J connectivity index is 2.20. The molecule has 0 amide bonds. The van der Waals surface area contributed by atoms with E-state index in [4.69, 9.17) is 4.74 Å². The molecule has 2 heterocycles. The summed E-state index contributed by atoms with van der Waals surface area (Å²) in [7, 11) is 0. The molecule has 0 N–H and O–H groups in total. The Hall–Kier alpha value is -1.10. The van der Waals surface area contributed by atoms with Gasteiger partial charge in [-0.3, -0.25) is 10.1 Å². The monoisotopic (exact) mass is 199 g/mol. The largest absolute Gasteiger partial charge is 0.492 e. The Bertz CT molecular complexity index is 323. The normalized spacial score (nSPS) is 20.5. The zero-order valence-corrected chi connectivity index (χ0v) is 7.75. The second kappa shape index (κ2) is 3.33. The first-order valence-electron chi connectivity index (χ1n) is 4.08. The Morgan fingerprint density at radius 3 is 3.31 bits per heavy atom. The fourth-order valence-electron chi connectivity index (χ4n) is 1.55. The molecule has 0 aliphatic carbocycles. The van der Waals surface area contributed by atoms with Gasteiger partial charge < -0.3 is 4.74 Å². The van der Waals surface area contributed by atoms with Gasteiger partial charge in [-0.2, -0.15) is 0 Å². The van der Waals surface area contributed by atoms with Crippen molar-refractivity contribution in [2.75, 3.05) is 13.2 Å². The molecular weight excluding hydrogens is 190 g/mol. The van der Waals surface area contributed by atoms with Gasteiger partial charge >= 0.3 is 0 Å². The van der Waals surface area contributed by atoms with Crippen LogP contribution in [0.4, 0.5) is 0 Å². The van der Waals surface area contributed by atoms with Crippen molar-refractivity contribution in [2.24, 2.45) is 0 Å². The maximum absolute atomic E-state index is 10.4. The van der Waals surface area contributed by atoms with E-state index in [0.717, 1.165) is 17.7 Å². The fourth-order valence-corrected chi connectivity index (χ4v) is 2.40. The van der Waals surface area contributed by atoms with Gasteiger partial charge in [0.05, 0.1) is 12.5 Å². The standard InChI is InChI=1S/C8H9NO3S/c10-9(11)3-6-1-2-12-8-5-13-4-7(6)8/h4-6H,1-3H2. The highest BCUT2D eigenvalue weighted by atomic mass is 32.1. The topological polar surface area (TPSA) is 52.4 Å². The van der Waals surface area contributed by atoms with E-state index in [1.165, 1.54) is 11.3 Å². The summed E-state index contributed by atoms with van der Waals surface area (Å²) in [6.07, 6.45) is 0.755. The molecule has 1 aromatic heterocycles. The number of thiophene rings is 1. The van der Waals surface area contributed by atoms with Gasteiger partial charge in [0.25, 0.3) is 0 Å². The van der Waals surface area contributed by atoms with Crippen LogP contribution in [0.5, 0.6) is 5.75 Å². The minimum Gasteiger partial charge on any atom is -0.492 e. The SMILES string of the molecule is O=[N+]([O-])CC1CCOc2cscc21. The van der Waals surface area contributed by atoms with Crippen LogP contribution in [0.2, 0.25) is 0 Å². The molecule has 1 unspecified atom stereocenters. The van der Waals surface area contributed by atoms with Gasteiger partial charge in [-0.1, -0.05) is 0 Å². The van der Waals surface area contributed by atoms with Crippen LogP contribution in [0.15, 0.2) is 10.8 Å². The lowest BCUT2D eigenvalue weighted by molar-refractivity contribution is -0.483. The average Bonchev–Trinajstić information content (AvgIpc) is 2.51. The third-order valence-electron chi connectivity index (χ3n) is 2.19. The van der Waals surface area contributed by atoms with Gasteiger partial charge in [0, 0.05) is 15.9 Å². The minimum absolute atomic E-state index is 0.0209. The summed E-state index contributed by atoms with van der Waals surface area (Å²) < 4.78 is 5.36. The van der Waals surface area contributed by atoms with Crippen LogP contribution in [0, 0.1) is 10.1 Å². The predicted molar refractivity (Wildman–Crippen MR) is 49.0 cm³/mol. The lowest BCUT2D eigenvalue weighted by atomic mass is 9.96. The van der Waals surface area contributed by atoms with Crippen LogP contribution in [0.3, 0.4) is 0 Å². The number of ether oxygens (including phenoxy) is 1. The first-order chi connectivity index (χ1) is 6.27. The summed E-state index contributed by atoms with van der Waals surface area (Å²) in [6.45, 7) is 0.620. The van der Waals surface area contributed by atoms with Gasteiger partial charge in [0.15, 0.2) is 0 Å². The average molecular weight is 199 g/mol. The quantitative estimate of drug-likeness (QED) is 0.540. The first-order valence-corrected chi connectivity index (χ1v) is 5.02. The summed E-state index contributed by atoms with van der Waals surface area (Å²) in [5.41, 5.74) is 1.01. The fraction of sp³-hybridized carbons (Fsp3) is 0.500. The molecule has 0 saturated heterocycles. The van der Waals surface area contributed by atoms with E-state index in [1.807, 2.05) is 10.8 Å².